The van der Waals surface area contributed by atoms with Crippen molar-refractivity contribution in [1.29, 1.82) is 0 Å². The highest BCUT2D eigenvalue weighted by atomic mass is 35.5. The van der Waals surface area contributed by atoms with Crippen LogP contribution in [0, 0.1) is 5.82 Å². The number of rotatable bonds is 4. The second-order valence-corrected chi connectivity index (χ2v) is 4.77. The fraction of sp³-hybridized carbons (Fsp3) is 0.300. The number of halogens is 5. The third kappa shape index (κ3) is 5.14. The fourth-order valence-electron chi connectivity index (χ4n) is 1.10. The molecule has 1 N–H and O–H groups in total. The topological polar surface area (TPSA) is 29.1 Å². The van der Waals surface area contributed by atoms with Crippen molar-refractivity contribution < 1.29 is 22.4 Å². The third-order valence-corrected chi connectivity index (χ3v) is 2.80. The number of carbonyl (C=O) groups excluding carboxylic acids is 1. The van der Waals surface area contributed by atoms with Gasteiger partial charge in [0.25, 0.3) is 5.91 Å². The molecule has 2 nitrogen and oxygen atoms in total. The zero-order valence-corrected chi connectivity index (χ0v) is 10.4. The van der Waals surface area contributed by atoms with Gasteiger partial charge in [0.2, 0.25) is 0 Å². The summed E-state index contributed by atoms with van der Waals surface area (Å²) in [7, 11) is 0. The van der Waals surface area contributed by atoms with Gasteiger partial charge in [-0.25, -0.2) is 4.39 Å². The van der Waals surface area contributed by atoms with E-state index in [9.17, 15) is 22.4 Å². The molecule has 0 spiro atoms. The molecule has 0 aromatic heterocycles. The Morgan fingerprint density at radius 3 is 2.67 bits per heavy atom. The van der Waals surface area contributed by atoms with E-state index in [1.165, 1.54) is 6.07 Å². The lowest BCUT2D eigenvalue weighted by Gasteiger charge is -2.07. The second kappa shape index (κ2) is 6.29. The number of hydrogen-bond donors (Lipinski definition) is 1. The van der Waals surface area contributed by atoms with E-state index in [2.05, 4.69) is 5.32 Å². The van der Waals surface area contributed by atoms with E-state index < -0.39 is 17.2 Å². The first-order valence-electron chi connectivity index (χ1n) is 4.73. The van der Waals surface area contributed by atoms with Crippen LogP contribution >= 0.6 is 23.4 Å². The maximum Gasteiger partial charge on any atom is 0.441 e. The zero-order valence-electron chi connectivity index (χ0n) is 8.85. The minimum absolute atomic E-state index is 0.172. The van der Waals surface area contributed by atoms with Gasteiger partial charge in [-0.1, -0.05) is 11.6 Å². The molecule has 8 heteroatoms. The lowest BCUT2D eigenvalue weighted by Crippen LogP contribution is -2.27. The zero-order chi connectivity index (χ0) is 13.8. The van der Waals surface area contributed by atoms with E-state index >= 15 is 0 Å². The summed E-state index contributed by atoms with van der Waals surface area (Å²) >= 11 is 5.33. The molecule has 0 atom stereocenters. The highest BCUT2D eigenvalue weighted by molar-refractivity contribution is 8.00. The minimum Gasteiger partial charge on any atom is -0.351 e. The van der Waals surface area contributed by atoms with Gasteiger partial charge in [-0.15, -0.1) is 0 Å². The number of hydrogen-bond acceptors (Lipinski definition) is 2. The van der Waals surface area contributed by atoms with Crippen molar-refractivity contribution in [2.24, 2.45) is 0 Å². The summed E-state index contributed by atoms with van der Waals surface area (Å²) < 4.78 is 48.6. The van der Waals surface area contributed by atoms with Crippen LogP contribution < -0.4 is 5.32 Å². The molecule has 0 radical (unpaired) electrons. The van der Waals surface area contributed by atoms with Crippen LogP contribution in [0.2, 0.25) is 5.02 Å². The molecule has 0 aliphatic carbocycles. The van der Waals surface area contributed by atoms with Crippen LogP contribution in [0.3, 0.4) is 0 Å². The maximum absolute atomic E-state index is 13.2. The molecule has 0 saturated heterocycles. The van der Waals surface area contributed by atoms with Crippen LogP contribution in [0.15, 0.2) is 18.2 Å². The van der Waals surface area contributed by atoms with Gasteiger partial charge >= 0.3 is 5.51 Å². The van der Waals surface area contributed by atoms with Gasteiger partial charge in [-0.3, -0.25) is 4.79 Å². The summed E-state index contributed by atoms with van der Waals surface area (Å²) in [4.78, 5) is 11.4. The summed E-state index contributed by atoms with van der Waals surface area (Å²) in [6, 6.07) is 3.40. The van der Waals surface area contributed by atoms with Crippen LogP contribution in [0.5, 0.6) is 0 Å². The molecule has 18 heavy (non-hydrogen) atoms. The predicted octanol–water partition coefficient (Wildman–Crippen LogP) is 3.46. The molecule has 0 fully saturated rings. The second-order valence-electron chi connectivity index (χ2n) is 3.17. The molecule has 0 heterocycles. The minimum atomic E-state index is -4.34. The molecular formula is C10H8ClF4NOS. The van der Waals surface area contributed by atoms with E-state index in [0.29, 0.717) is 0 Å². The van der Waals surface area contributed by atoms with Crippen LogP contribution in [-0.2, 0) is 0 Å². The van der Waals surface area contributed by atoms with Gasteiger partial charge in [-0.2, -0.15) is 13.2 Å². The molecule has 1 aromatic carbocycles. The average Bonchev–Trinajstić information content (AvgIpc) is 2.26. The number of nitrogens with one attached hydrogen (secondary N) is 1. The first kappa shape index (κ1) is 15.1. The Balaban J connectivity index is 2.48. The summed E-state index contributed by atoms with van der Waals surface area (Å²) in [6.07, 6.45) is 0. The van der Waals surface area contributed by atoms with Crippen molar-refractivity contribution in [3.8, 4) is 0 Å². The number of thioether (sulfide) groups is 1. The smallest absolute Gasteiger partial charge is 0.351 e. The lowest BCUT2D eigenvalue weighted by atomic mass is 10.2. The monoisotopic (exact) mass is 301 g/mol. The molecular weight excluding hydrogens is 294 g/mol. The van der Waals surface area contributed by atoms with Gasteiger partial charge in [0.05, 0.1) is 5.56 Å². The van der Waals surface area contributed by atoms with Gasteiger partial charge in [0.1, 0.15) is 5.82 Å². The van der Waals surface area contributed by atoms with E-state index in [-0.39, 0.29) is 34.6 Å². The number of amides is 1. The van der Waals surface area contributed by atoms with E-state index in [1.54, 1.807) is 0 Å². The Morgan fingerprint density at radius 2 is 2.06 bits per heavy atom. The molecule has 0 bridgehead atoms. The van der Waals surface area contributed by atoms with Gasteiger partial charge < -0.3 is 5.32 Å². The average molecular weight is 302 g/mol. The highest BCUT2D eigenvalue weighted by Crippen LogP contribution is 2.29. The summed E-state index contributed by atoms with van der Waals surface area (Å²) in [6.45, 7) is -0.213. The number of carbonyl (C=O) groups is 1. The Labute approximate surface area is 110 Å². The molecule has 1 aromatic rings. The molecule has 1 rings (SSSR count). The molecule has 100 valence electrons. The SMILES string of the molecule is O=C(NCCSC(F)(F)F)c1cc(Cl)ccc1F. The van der Waals surface area contributed by atoms with E-state index in [4.69, 9.17) is 11.6 Å². The third-order valence-electron chi connectivity index (χ3n) is 1.83. The van der Waals surface area contributed by atoms with Crippen molar-refractivity contribution in [3.05, 3.63) is 34.6 Å². The summed E-state index contributed by atoms with van der Waals surface area (Å²) in [5, 5.41) is 2.35. The van der Waals surface area contributed by atoms with E-state index in [0.717, 1.165) is 12.1 Å². The first-order valence-corrected chi connectivity index (χ1v) is 6.10. The van der Waals surface area contributed by atoms with Gasteiger partial charge in [-0.05, 0) is 30.0 Å². The highest BCUT2D eigenvalue weighted by Gasteiger charge is 2.27. The van der Waals surface area contributed by atoms with E-state index in [1.807, 2.05) is 0 Å². The van der Waals surface area contributed by atoms with Crippen LogP contribution in [0.1, 0.15) is 10.4 Å². The van der Waals surface area contributed by atoms with Crippen molar-refractivity contribution in [2.75, 3.05) is 12.3 Å². The molecule has 1 amide bonds. The molecule has 0 saturated carbocycles. The largest absolute Gasteiger partial charge is 0.441 e. The molecule has 0 aliphatic heterocycles. The molecule has 0 unspecified atom stereocenters. The van der Waals surface area contributed by atoms with Crippen LogP contribution in [0.4, 0.5) is 17.6 Å². The Hall–Kier alpha value is -0.950. The van der Waals surface area contributed by atoms with Crippen molar-refractivity contribution >= 4 is 29.3 Å². The Morgan fingerprint density at radius 1 is 1.39 bits per heavy atom. The normalized spacial score (nSPS) is 11.4. The summed E-state index contributed by atoms with van der Waals surface area (Å²) in [5.74, 6) is -1.91. The van der Waals surface area contributed by atoms with Crippen molar-refractivity contribution in [3.63, 3.8) is 0 Å². The van der Waals surface area contributed by atoms with Crippen LogP contribution in [0.25, 0.3) is 0 Å². The summed E-state index contributed by atoms with van der Waals surface area (Å²) in [5.41, 5.74) is -4.63. The predicted molar refractivity (Wildman–Crippen MR) is 62.3 cm³/mol. The number of alkyl halides is 3. The van der Waals surface area contributed by atoms with Crippen LogP contribution in [-0.4, -0.2) is 23.7 Å². The van der Waals surface area contributed by atoms with Gasteiger partial charge in [0.15, 0.2) is 0 Å². The quantitative estimate of drug-likeness (QED) is 0.681. The van der Waals surface area contributed by atoms with Crippen molar-refractivity contribution in [1.82, 2.24) is 5.32 Å². The lowest BCUT2D eigenvalue weighted by molar-refractivity contribution is -0.0327. The molecule has 0 aliphatic rings. The first-order chi connectivity index (χ1) is 8.29. The Bertz CT molecular complexity index is 438. The number of benzene rings is 1. The van der Waals surface area contributed by atoms with Gasteiger partial charge in [0, 0.05) is 17.3 Å². The Kier molecular flexibility index (Phi) is 5.28. The maximum atomic E-state index is 13.2. The van der Waals surface area contributed by atoms with Crippen molar-refractivity contribution in [2.45, 2.75) is 5.51 Å². The fourth-order valence-corrected chi connectivity index (χ4v) is 1.71. The standard InChI is InChI=1S/C10H8ClF4NOS/c11-6-1-2-8(12)7(5-6)9(17)16-3-4-18-10(13,14)15/h1-2,5H,3-4H2,(H,16,17).